The molecule has 15 unspecified atom stereocenters. The molecule has 3 fully saturated rings. The smallest absolute Gasteiger partial charge is 0.224 e. The molecular formula is C75H127N7O34. The number of carbonyl (C=O) groups is 9. The number of Topliss-reactive ketones (excluding diaryl/α,β-unsaturated/α-hetero) is 2. The van der Waals surface area contributed by atoms with E-state index in [2.05, 4.69) is 37.2 Å². The number of ketones is 2. The molecule has 0 radical (unpaired) electrons. The summed E-state index contributed by atoms with van der Waals surface area (Å²) in [5.74, 6) is -4.02. The lowest BCUT2D eigenvalue weighted by atomic mass is 9.82. The van der Waals surface area contributed by atoms with Crippen LogP contribution in [0.5, 0.6) is 0 Å². The predicted octanol–water partition coefficient (Wildman–Crippen LogP) is -5.38. The minimum Gasteiger partial charge on any atom is -0.394 e. The van der Waals surface area contributed by atoms with Crippen LogP contribution in [0.3, 0.4) is 0 Å². The first-order valence-corrected chi connectivity index (χ1v) is 39.4. The molecule has 3 saturated heterocycles. The zero-order valence-electron chi connectivity index (χ0n) is 66.9. The van der Waals surface area contributed by atoms with Crippen molar-refractivity contribution >= 4 is 58.6 Å². The zero-order chi connectivity index (χ0) is 85.1. The Labute approximate surface area is 675 Å². The lowest BCUT2D eigenvalue weighted by molar-refractivity contribution is -0.272. The van der Waals surface area contributed by atoms with E-state index in [4.69, 9.17) is 71.1 Å². The van der Waals surface area contributed by atoms with Gasteiger partial charge in [-0.15, -0.1) is 0 Å². The number of aliphatic hydroxyl groups is 10. The van der Waals surface area contributed by atoms with Crippen LogP contribution in [0.4, 0.5) is 5.69 Å². The van der Waals surface area contributed by atoms with Gasteiger partial charge in [-0.1, -0.05) is 13.0 Å². The van der Waals surface area contributed by atoms with Crippen molar-refractivity contribution in [3.63, 3.8) is 0 Å². The molecule has 666 valence electrons. The average Bonchev–Trinajstić information content (AvgIpc) is 0.828. The second-order valence-corrected chi connectivity index (χ2v) is 27.7. The number of amides is 7. The van der Waals surface area contributed by atoms with Crippen molar-refractivity contribution in [3.8, 4) is 0 Å². The number of rotatable bonds is 65. The van der Waals surface area contributed by atoms with Crippen molar-refractivity contribution in [2.24, 2.45) is 0 Å². The van der Waals surface area contributed by atoms with E-state index in [9.17, 15) is 94.2 Å². The molecule has 41 nitrogen and oxygen atoms in total. The number of anilines is 1. The van der Waals surface area contributed by atoms with E-state index >= 15 is 0 Å². The first-order chi connectivity index (χ1) is 55.8. The van der Waals surface area contributed by atoms with Gasteiger partial charge in [0.2, 0.25) is 41.4 Å². The molecule has 7 amide bonds. The largest absolute Gasteiger partial charge is 0.394 e. The number of nitrogens with one attached hydrogen (secondary N) is 7. The highest BCUT2D eigenvalue weighted by Gasteiger charge is 2.48. The lowest BCUT2D eigenvalue weighted by Crippen LogP contribution is -2.64. The normalized spacial score (nSPS) is 23.9. The number of ether oxygens (including phenoxy) is 15. The van der Waals surface area contributed by atoms with Gasteiger partial charge in [0.25, 0.3) is 0 Å². The summed E-state index contributed by atoms with van der Waals surface area (Å²) in [5.41, 5.74) is 0.592. The third kappa shape index (κ3) is 41.2. The Morgan fingerprint density at radius 2 is 0.698 bits per heavy atom. The number of aryl methyl sites for hydroxylation is 1. The Kier molecular flexibility index (Phi) is 52.4. The van der Waals surface area contributed by atoms with E-state index in [0.717, 1.165) is 5.56 Å². The van der Waals surface area contributed by atoms with Gasteiger partial charge in [0.1, 0.15) is 84.6 Å². The van der Waals surface area contributed by atoms with Crippen molar-refractivity contribution in [2.75, 3.05) is 177 Å². The summed E-state index contributed by atoms with van der Waals surface area (Å²) in [6.45, 7) is 6.23. The molecule has 0 aliphatic carbocycles. The van der Waals surface area contributed by atoms with Crippen LogP contribution in [0.25, 0.3) is 0 Å². The van der Waals surface area contributed by atoms with Crippen molar-refractivity contribution in [2.45, 2.75) is 215 Å². The summed E-state index contributed by atoms with van der Waals surface area (Å²) >= 11 is 0. The molecule has 3 aliphatic rings. The molecule has 0 spiro atoms. The van der Waals surface area contributed by atoms with Gasteiger partial charge in [-0.05, 0) is 55.4 Å². The van der Waals surface area contributed by atoms with Gasteiger partial charge in [-0.3, -0.25) is 43.2 Å². The molecule has 3 heterocycles. The highest BCUT2D eigenvalue weighted by molar-refractivity contribution is 5.94. The van der Waals surface area contributed by atoms with Crippen LogP contribution in [0.15, 0.2) is 18.2 Å². The Balaban J connectivity index is 1.30. The van der Waals surface area contributed by atoms with E-state index in [1.807, 2.05) is 13.0 Å². The van der Waals surface area contributed by atoms with E-state index in [1.165, 1.54) is 20.8 Å². The molecule has 0 aromatic heterocycles. The van der Waals surface area contributed by atoms with Crippen LogP contribution in [-0.4, -0.2) is 373 Å². The van der Waals surface area contributed by atoms with Gasteiger partial charge < -0.3 is 159 Å². The van der Waals surface area contributed by atoms with Gasteiger partial charge in [-0.2, -0.15) is 0 Å². The quantitative estimate of drug-likeness (QED) is 0.0271. The lowest BCUT2D eigenvalue weighted by Gasteiger charge is -2.42. The fraction of sp³-hybridized carbons (Fsp3) is 0.800. The number of benzene rings is 1. The summed E-state index contributed by atoms with van der Waals surface area (Å²) in [7, 11) is 0. The second-order valence-electron chi connectivity index (χ2n) is 27.7. The predicted molar refractivity (Wildman–Crippen MR) is 404 cm³/mol. The average molecular weight is 1670 g/mol. The van der Waals surface area contributed by atoms with Crippen LogP contribution in [0.2, 0.25) is 0 Å². The summed E-state index contributed by atoms with van der Waals surface area (Å²) in [5, 5.41) is 119. The maximum atomic E-state index is 14.1. The third-order valence-electron chi connectivity index (χ3n) is 18.5. The zero-order valence-corrected chi connectivity index (χ0v) is 66.9. The third-order valence-corrected chi connectivity index (χ3v) is 18.5. The minimum atomic E-state index is -1.46. The second kappa shape index (κ2) is 59.5. The van der Waals surface area contributed by atoms with Gasteiger partial charge in [0.15, 0.2) is 18.9 Å². The van der Waals surface area contributed by atoms with Crippen LogP contribution >= 0.6 is 0 Å². The van der Waals surface area contributed by atoms with Crippen LogP contribution in [0.1, 0.15) is 116 Å². The van der Waals surface area contributed by atoms with Crippen LogP contribution < -0.4 is 37.2 Å². The Bertz CT molecular complexity index is 2740. The molecular weight excluding hydrogens is 1540 g/mol. The summed E-state index contributed by atoms with van der Waals surface area (Å²) in [6.07, 6.45) is -16.2. The maximum Gasteiger partial charge on any atom is 0.224 e. The first-order valence-electron chi connectivity index (χ1n) is 39.4. The maximum absolute atomic E-state index is 14.1. The summed E-state index contributed by atoms with van der Waals surface area (Å²) in [4.78, 5) is 116. The molecule has 15 atom stereocenters. The van der Waals surface area contributed by atoms with Gasteiger partial charge in [0, 0.05) is 103 Å². The Morgan fingerprint density at radius 3 is 1.05 bits per heavy atom. The highest BCUT2D eigenvalue weighted by atomic mass is 16.7. The molecule has 4 rings (SSSR count). The van der Waals surface area contributed by atoms with E-state index in [1.54, 1.807) is 12.1 Å². The van der Waals surface area contributed by atoms with Crippen molar-refractivity contribution in [1.82, 2.24) is 31.9 Å². The monoisotopic (exact) mass is 1670 g/mol. The van der Waals surface area contributed by atoms with E-state index in [0.29, 0.717) is 24.1 Å². The Hall–Kier alpha value is -6.15. The molecule has 1 aromatic carbocycles. The highest BCUT2D eigenvalue weighted by Crippen LogP contribution is 2.29. The summed E-state index contributed by atoms with van der Waals surface area (Å²) in [6, 6.07) is 1.91. The SMILES string of the molecule is CCc1cc(CO)cc(NC(=O)CCC(=O)CCC(=O)NC(CCC(=O)CCCOCCOCCOCCOC2OC(CO)C(O)C(O)C2NC(C)=O)(CCC(=O)NCCOCCOCCOCCOC2OC(CO)C(O)C(O)C2NC(C)=O)CCC(=O)NCCOCCOCCOCCOC2OC(CO)C(O)C(O)C2NC(C)=O)c1. The fourth-order valence-electron chi connectivity index (χ4n) is 12.3. The summed E-state index contributed by atoms with van der Waals surface area (Å²) < 4.78 is 83.9. The molecule has 17 N–H and O–H groups in total. The molecule has 3 aliphatic heterocycles. The van der Waals surface area contributed by atoms with Crippen LogP contribution in [0, 0.1) is 0 Å². The van der Waals surface area contributed by atoms with Gasteiger partial charge in [0.05, 0.1) is 159 Å². The van der Waals surface area contributed by atoms with Gasteiger partial charge >= 0.3 is 0 Å². The van der Waals surface area contributed by atoms with Crippen molar-refractivity contribution in [3.05, 3.63) is 29.3 Å². The van der Waals surface area contributed by atoms with Crippen molar-refractivity contribution < 1.29 is 165 Å². The number of hydrogen-bond acceptors (Lipinski definition) is 34. The van der Waals surface area contributed by atoms with Gasteiger partial charge in [-0.25, -0.2) is 0 Å². The molecule has 41 heteroatoms. The number of hydrogen-bond donors (Lipinski definition) is 17. The number of carbonyl (C=O) groups excluding carboxylic acids is 9. The van der Waals surface area contributed by atoms with E-state index in [-0.39, 0.29) is 235 Å². The van der Waals surface area contributed by atoms with E-state index < -0.39 is 164 Å². The molecule has 1 aromatic rings. The minimum absolute atomic E-state index is 0.0175. The number of aliphatic hydroxyl groups excluding tert-OH is 10. The topological polar surface area (TPSA) is 579 Å². The standard InChI is InChI=1S/C75H127N7O34/c1-5-51-41-52(44-83)43-53(42-51)81-61(94)10-8-55(91)9-11-62(95)82-75(15-12-54(90)7-6-20-102-23-26-105-29-32-108-35-38-111-72-63(78-48(2)87)69(99)66(96)56(45-84)114-72,16-13-59(92)76-18-21-103-24-27-106-30-33-109-36-39-112-73-64(79-49(3)88)70(100)67(97)57(46-85)115-73)17-14-60(93)77-19-22-104-25-28-107-31-34-110-37-40-113-74-65(80-50(4)89)71(101)68(98)58(47-86)116-74/h41-43,56-58,63-74,83-86,96-101H,5-40,44-47H2,1-4H3,(H,76,92)(H,77,93)(H,78,87)(H,79,88)(H,80,89)(H,81,94)(H,82,95). The first kappa shape index (κ1) is 102. The fourth-order valence-corrected chi connectivity index (χ4v) is 12.3. The molecule has 0 saturated carbocycles. The Morgan fingerprint density at radius 1 is 0.371 bits per heavy atom. The van der Waals surface area contributed by atoms with Crippen LogP contribution in [-0.2, 0) is 127 Å². The molecule has 116 heavy (non-hydrogen) atoms. The molecule has 0 bridgehead atoms. The van der Waals surface area contributed by atoms with Crippen molar-refractivity contribution in [1.29, 1.82) is 0 Å².